The molecule has 1 aromatic heterocycles. The highest BCUT2D eigenvalue weighted by molar-refractivity contribution is 5.45. The first kappa shape index (κ1) is 17.0. The molecule has 0 saturated carbocycles. The number of nitrogens with one attached hydrogen (secondary N) is 1. The fraction of sp³-hybridized carbons (Fsp3) is 0.235. The lowest BCUT2D eigenvalue weighted by molar-refractivity contribution is -0.114. The van der Waals surface area contributed by atoms with Gasteiger partial charge < -0.3 is 14.8 Å². The van der Waals surface area contributed by atoms with Gasteiger partial charge in [0.15, 0.2) is 12.1 Å². The fourth-order valence-corrected chi connectivity index (χ4v) is 2.52. The number of nitrogens with zero attached hydrogens (tertiary/aromatic N) is 4. The number of ether oxygens (including phenoxy) is 2. The van der Waals surface area contributed by atoms with E-state index in [0.29, 0.717) is 5.82 Å². The zero-order valence-electron chi connectivity index (χ0n) is 13.8. The highest BCUT2D eigenvalue weighted by atomic mass is 19.1. The van der Waals surface area contributed by atoms with E-state index >= 15 is 0 Å². The molecule has 25 heavy (non-hydrogen) atoms. The Morgan fingerprint density at radius 3 is 2.36 bits per heavy atom. The van der Waals surface area contributed by atoms with Crippen molar-refractivity contribution in [2.45, 2.75) is 12.3 Å². The Balaban J connectivity index is 2.03. The summed E-state index contributed by atoms with van der Waals surface area (Å²) in [4.78, 5) is 0. The predicted octanol–water partition coefficient (Wildman–Crippen LogP) is 2.57. The summed E-state index contributed by atoms with van der Waals surface area (Å²) < 4.78 is 26.3. The second kappa shape index (κ2) is 7.82. The molecule has 0 amide bonds. The Labute approximate surface area is 144 Å². The van der Waals surface area contributed by atoms with Crippen LogP contribution in [0.5, 0.6) is 0 Å². The van der Waals surface area contributed by atoms with Crippen LogP contribution < -0.4 is 5.32 Å². The molecule has 0 saturated heterocycles. The second-order valence-electron chi connectivity index (χ2n) is 5.23. The topological polar surface area (TPSA) is 74.1 Å². The molecular formula is C17H18FN5O2. The van der Waals surface area contributed by atoms with Crippen LogP contribution in [0, 0.1) is 5.82 Å². The van der Waals surface area contributed by atoms with Crippen molar-refractivity contribution in [1.29, 1.82) is 0 Å². The molecule has 1 atom stereocenters. The number of anilines is 1. The number of hydrogen-bond donors (Lipinski definition) is 1. The summed E-state index contributed by atoms with van der Waals surface area (Å²) in [5.74, 6) is -0.0662. The molecule has 1 unspecified atom stereocenters. The summed E-state index contributed by atoms with van der Waals surface area (Å²) >= 11 is 0. The van der Waals surface area contributed by atoms with Crippen LogP contribution in [0.25, 0.3) is 5.69 Å². The fourth-order valence-electron chi connectivity index (χ4n) is 2.52. The lowest BCUT2D eigenvalue weighted by atomic mass is 10.2. The minimum absolute atomic E-state index is 0.244. The Morgan fingerprint density at radius 2 is 1.68 bits per heavy atom. The van der Waals surface area contributed by atoms with Gasteiger partial charge in [-0.3, -0.25) is 0 Å². The molecule has 3 aromatic rings. The van der Waals surface area contributed by atoms with Crippen LogP contribution in [0.4, 0.5) is 10.1 Å². The summed E-state index contributed by atoms with van der Waals surface area (Å²) in [5.41, 5.74) is 1.07. The van der Waals surface area contributed by atoms with E-state index in [9.17, 15) is 4.39 Å². The molecule has 8 heteroatoms. The van der Waals surface area contributed by atoms with Crippen molar-refractivity contribution in [3.63, 3.8) is 0 Å². The highest BCUT2D eigenvalue weighted by Gasteiger charge is 2.29. The second-order valence-corrected chi connectivity index (χ2v) is 5.23. The van der Waals surface area contributed by atoms with Gasteiger partial charge in [-0.1, -0.05) is 30.3 Å². The number of tetrazole rings is 1. The number of hydrogen-bond acceptors (Lipinski definition) is 6. The van der Waals surface area contributed by atoms with E-state index in [0.717, 1.165) is 5.69 Å². The minimum Gasteiger partial charge on any atom is -0.371 e. The van der Waals surface area contributed by atoms with Crippen molar-refractivity contribution in [3.8, 4) is 5.69 Å². The van der Waals surface area contributed by atoms with Gasteiger partial charge in [-0.25, -0.2) is 4.39 Å². The quantitative estimate of drug-likeness (QED) is 0.665. The smallest absolute Gasteiger partial charge is 0.184 e. The van der Waals surface area contributed by atoms with Crippen molar-refractivity contribution >= 4 is 5.69 Å². The van der Waals surface area contributed by atoms with Gasteiger partial charge >= 0.3 is 0 Å². The maximum atomic E-state index is 14.2. The number of halogens is 1. The number of benzene rings is 2. The number of aromatic nitrogens is 4. The van der Waals surface area contributed by atoms with Crippen LogP contribution in [0.2, 0.25) is 0 Å². The number of rotatable bonds is 7. The van der Waals surface area contributed by atoms with Gasteiger partial charge in [0.2, 0.25) is 0 Å². The van der Waals surface area contributed by atoms with E-state index in [1.807, 2.05) is 30.3 Å². The van der Waals surface area contributed by atoms with E-state index in [1.165, 1.54) is 25.0 Å². The summed E-state index contributed by atoms with van der Waals surface area (Å²) in [7, 11) is 3.04. The molecule has 0 spiro atoms. The predicted molar refractivity (Wildman–Crippen MR) is 89.7 cm³/mol. The van der Waals surface area contributed by atoms with Gasteiger partial charge in [0.25, 0.3) is 0 Å². The average molecular weight is 343 g/mol. The summed E-state index contributed by atoms with van der Waals surface area (Å²) in [6, 6.07) is 15.2. The molecule has 0 bridgehead atoms. The van der Waals surface area contributed by atoms with E-state index in [2.05, 4.69) is 20.8 Å². The first-order valence-electron chi connectivity index (χ1n) is 7.65. The normalized spacial score (nSPS) is 12.3. The average Bonchev–Trinajstić information content (AvgIpc) is 3.12. The molecule has 0 fully saturated rings. The molecule has 1 N–H and O–H groups in total. The molecule has 0 radical (unpaired) electrons. The van der Waals surface area contributed by atoms with Gasteiger partial charge in [-0.05, 0) is 34.7 Å². The van der Waals surface area contributed by atoms with E-state index in [1.54, 1.807) is 18.2 Å². The third kappa shape index (κ3) is 3.65. The third-order valence-electron chi connectivity index (χ3n) is 3.69. The van der Waals surface area contributed by atoms with Gasteiger partial charge in [0.05, 0.1) is 0 Å². The standard InChI is InChI=1S/C17H18FN5O2/c1-24-17(25-2)15(19-12-8-4-3-5-9-12)16-20-21-22-23(16)14-11-7-6-10-13(14)18/h3-11,15,17,19H,1-2H3. The zero-order valence-corrected chi connectivity index (χ0v) is 13.8. The van der Waals surface area contributed by atoms with Crippen LogP contribution in [0.15, 0.2) is 54.6 Å². The largest absolute Gasteiger partial charge is 0.371 e. The molecule has 0 aliphatic rings. The Bertz CT molecular complexity index is 808. The molecule has 0 aliphatic carbocycles. The highest BCUT2D eigenvalue weighted by Crippen LogP contribution is 2.25. The summed E-state index contributed by atoms with van der Waals surface area (Å²) in [6.07, 6.45) is -0.684. The summed E-state index contributed by atoms with van der Waals surface area (Å²) in [6.45, 7) is 0. The van der Waals surface area contributed by atoms with Crippen molar-refractivity contribution in [2.75, 3.05) is 19.5 Å². The van der Waals surface area contributed by atoms with Gasteiger partial charge in [-0.15, -0.1) is 5.10 Å². The van der Waals surface area contributed by atoms with Crippen LogP contribution in [-0.2, 0) is 9.47 Å². The lowest BCUT2D eigenvalue weighted by Crippen LogP contribution is -2.31. The van der Waals surface area contributed by atoms with E-state index in [4.69, 9.17) is 9.47 Å². The van der Waals surface area contributed by atoms with Crippen molar-refractivity contribution in [3.05, 3.63) is 66.2 Å². The number of methoxy groups -OCH3 is 2. The molecule has 130 valence electrons. The van der Waals surface area contributed by atoms with Crippen molar-refractivity contribution in [2.24, 2.45) is 0 Å². The summed E-state index contributed by atoms with van der Waals surface area (Å²) in [5, 5.41) is 15.0. The van der Waals surface area contributed by atoms with E-state index < -0.39 is 18.1 Å². The van der Waals surface area contributed by atoms with Crippen LogP contribution >= 0.6 is 0 Å². The SMILES string of the molecule is COC(OC)C(Nc1ccccc1)c1nnnn1-c1ccccc1F. The van der Waals surface area contributed by atoms with Crippen LogP contribution in [-0.4, -0.2) is 40.7 Å². The lowest BCUT2D eigenvalue weighted by Gasteiger charge is -2.25. The Hall–Kier alpha value is -2.84. The Kier molecular flexibility index (Phi) is 5.32. The molecular weight excluding hydrogens is 325 g/mol. The van der Waals surface area contributed by atoms with Crippen LogP contribution in [0.3, 0.4) is 0 Å². The molecule has 1 heterocycles. The number of para-hydroxylation sites is 2. The van der Waals surface area contributed by atoms with Gasteiger partial charge in [0, 0.05) is 19.9 Å². The Morgan fingerprint density at radius 1 is 1.00 bits per heavy atom. The monoisotopic (exact) mass is 343 g/mol. The third-order valence-corrected chi connectivity index (χ3v) is 3.69. The minimum atomic E-state index is -0.684. The van der Waals surface area contributed by atoms with Crippen LogP contribution in [0.1, 0.15) is 11.9 Å². The van der Waals surface area contributed by atoms with E-state index in [-0.39, 0.29) is 5.69 Å². The molecule has 7 nitrogen and oxygen atoms in total. The van der Waals surface area contributed by atoms with Gasteiger partial charge in [-0.2, -0.15) is 4.68 Å². The first-order chi connectivity index (χ1) is 12.2. The zero-order chi connectivity index (χ0) is 17.6. The van der Waals surface area contributed by atoms with Crippen molar-refractivity contribution in [1.82, 2.24) is 20.2 Å². The molecule has 2 aromatic carbocycles. The van der Waals surface area contributed by atoms with Gasteiger partial charge in [0.1, 0.15) is 17.5 Å². The first-order valence-corrected chi connectivity index (χ1v) is 7.65. The molecule has 0 aliphatic heterocycles. The van der Waals surface area contributed by atoms with Crippen molar-refractivity contribution < 1.29 is 13.9 Å². The molecule has 3 rings (SSSR count). The maximum absolute atomic E-state index is 14.2. The maximum Gasteiger partial charge on any atom is 0.184 e.